The Labute approximate surface area is 175 Å². The molecule has 4 rings (SSSR count). The van der Waals surface area contributed by atoms with Crippen LogP contribution in [-0.4, -0.2) is 27.7 Å². The lowest BCUT2D eigenvalue weighted by Crippen LogP contribution is -2.36. The van der Waals surface area contributed by atoms with Crippen LogP contribution < -0.4 is 9.64 Å². The van der Waals surface area contributed by atoms with E-state index in [-0.39, 0.29) is 11.2 Å². The molecule has 1 atom stereocenters. The van der Waals surface area contributed by atoms with Gasteiger partial charge >= 0.3 is 0 Å². The zero-order valence-electron chi connectivity index (χ0n) is 16.8. The molecule has 1 aromatic heterocycles. The molecule has 0 fully saturated rings. The molecule has 0 unspecified atom stereocenters. The van der Waals surface area contributed by atoms with Crippen LogP contribution in [0.2, 0.25) is 0 Å². The summed E-state index contributed by atoms with van der Waals surface area (Å²) < 4.78 is 5.77. The normalized spacial score (nSPS) is 13.1. The van der Waals surface area contributed by atoms with Crippen molar-refractivity contribution in [3.8, 4) is 17.0 Å². The maximum Gasteiger partial charge on any atom is 0.240 e. The van der Waals surface area contributed by atoms with E-state index in [0.717, 1.165) is 33.8 Å². The monoisotopic (exact) mass is 405 g/mol. The number of carbonyl (C=O) groups is 1. The number of hydrogen-bond acceptors (Lipinski definition) is 5. The van der Waals surface area contributed by atoms with Gasteiger partial charge in [-0.05, 0) is 50.6 Å². The number of fused-ring (bicyclic) bond motifs is 3. The topological polar surface area (TPSA) is 55.3 Å². The molecule has 0 aliphatic carbocycles. The number of carbonyl (C=O) groups excluding carboxylic acids is 1. The van der Waals surface area contributed by atoms with Crippen LogP contribution >= 0.6 is 11.8 Å². The lowest BCUT2D eigenvalue weighted by Gasteiger charge is -2.25. The van der Waals surface area contributed by atoms with Gasteiger partial charge in [-0.15, -0.1) is 0 Å². The standard InChI is InChI=1S/C23H23N3O2S/c1-4-26(18-9-7-8-15(2)12-18)22(27)16(3)29-23-24-13-17-14-28-20-11-6-5-10-19(20)21(17)25-23/h5-13,16H,4,14H2,1-3H3/t16-/m1/s1. The van der Waals surface area contributed by atoms with Crippen LogP contribution in [0.4, 0.5) is 5.69 Å². The van der Waals surface area contributed by atoms with E-state index in [1.54, 1.807) is 6.20 Å². The van der Waals surface area contributed by atoms with E-state index in [1.807, 2.05) is 74.2 Å². The van der Waals surface area contributed by atoms with Gasteiger partial charge in [-0.2, -0.15) is 0 Å². The molecule has 1 aliphatic heterocycles. The molecule has 0 spiro atoms. The maximum atomic E-state index is 13.1. The quantitative estimate of drug-likeness (QED) is 0.447. The summed E-state index contributed by atoms with van der Waals surface area (Å²) in [4.78, 5) is 24.1. The number of rotatable bonds is 5. The predicted molar refractivity (Wildman–Crippen MR) is 116 cm³/mol. The van der Waals surface area contributed by atoms with Crippen molar-refractivity contribution in [2.24, 2.45) is 0 Å². The van der Waals surface area contributed by atoms with Crippen LogP contribution in [0, 0.1) is 6.92 Å². The number of anilines is 1. The minimum atomic E-state index is -0.302. The van der Waals surface area contributed by atoms with Crippen LogP contribution in [0.25, 0.3) is 11.3 Å². The molecular formula is C23H23N3O2S. The molecule has 148 valence electrons. The molecule has 3 aromatic rings. The Morgan fingerprint density at radius 3 is 2.86 bits per heavy atom. The van der Waals surface area contributed by atoms with E-state index in [9.17, 15) is 4.79 Å². The lowest BCUT2D eigenvalue weighted by atomic mass is 10.0. The zero-order chi connectivity index (χ0) is 20.4. The number of para-hydroxylation sites is 1. The van der Waals surface area contributed by atoms with Gasteiger partial charge in [0.2, 0.25) is 5.91 Å². The SMILES string of the molecule is CCN(C(=O)[C@@H](C)Sc1ncc2c(n1)-c1ccccc1OC2)c1cccc(C)c1. The highest BCUT2D eigenvalue weighted by Gasteiger charge is 2.25. The lowest BCUT2D eigenvalue weighted by molar-refractivity contribution is -0.117. The molecule has 29 heavy (non-hydrogen) atoms. The highest BCUT2D eigenvalue weighted by Crippen LogP contribution is 2.36. The van der Waals surface area contributed by atoms with Gasteiger partial charge in [0, 0.05) is 29.6 Å². The van der Waals surface area contributed by atoms with Crippen molar-refractivity contribution < 1.29 is 9.53 Å². The van der Waals surface area contributed by atoms with Gasteiger partial charge in [0.05, 0.1) is 10.9 Å². The fourth-order valence-electron chi connectivity index (χ4n) is 3.42. The van der Waals surface area contributed by atoms with E-state index in [2.05, 4.69) is 4.98 Å². The summed E-state index contributed by atoms with van der Waals surface area (Å²) in [6.45, 7) is 7.00. The van der Waals surface area contributed by atoms with Crippen molar-refractivity contribution in [1.29, 1.82) is 0 Å². The van der Waals surface area contributed by atoms with E-state index < -0.39 is 0 Å². The first-order valence-electron chi connectivity index (χ1n) is 9.69. The number of amides is 1. The first-order chi connectivity index (χ1) is 14.1. The Hall–Kier alpha value is -2.86. The van der Waals surface area contributed by atoms with Crippen LogP contribution in [0.3, 0.4) is 0 Å². The van der Waals surface area contributed by atoms with Crippen LogP contribution in [0.15, 0.2) is 59.9 Å². The summed E-state index contributed by atoms with van der Waals surface area (Å²) in [5.74, 6) is 0.878. The Kier molecular flexibility index (Phi) is 5.53. The largest absolute Gasteiger partial charge is 0.488 e. The van der Waals surface area contributed by atoms with Gasteiger partial charge in [0.1, 0.15) is 12.4 Å². The number of thioether (sulfide) groups is 1. The van der Waals surface area contributed by atoms with Crippen molar-refractivity contribution in [2.45, 2.75) is 37.8 Å². The van der Waals surface area contributed by atoms with E-state index in [1.165, 1.54) is 11.8 Å². The van der Waals surface area contributed by atoms with E-state index >= 15 is 0 Å². The van der Waals surface area contributed by atoms with Crippen molar-refractivity contribution in [3.05, 3.63) is 65.9 Å². The van der Waals surface area contributed by atoms with Gasteiger partial charge in [0.25, 0.3) is 0 Å². The predicted octanol–water partition coefficient (Wildman–Crippen LogP) is 4.88. The van der Waals surface area contributed by atoms with E-state index in [4.69, 9.17) is 9.72 Å². The van der Waals surface area contributed by atoms with Crippen molar-refractivity contribution >= 4 is 23.4 Å². The average molecular weight is 406 g/mol. The zero-order valence-corrected chi connectivity index (χ0v) is 17.6. The molecule has 5 nitrogen and oxygen atoms in total. The van der Waals surface area contributed by atoms with Gasteiger partial charge in [-0.3, -0.25) is 4.79 Å². The Balaban J connectivity index is 1.56. The fraction of sp³-hybridized carbons (Fsp3) is 0.261. The molecule has 0 N–H and O–H groups in total. The molecule has 6 heteroatoms. The molecule has 2 aromatic carbocycles. The van der Waals surface area contributed by atoms with Gasteiger partial charge < -0.3 is 9.64 Å². The summed E-state index contributed by atoms with van der Waals surface area (Å²) >= 11 is 1.39. The molecule has 0 saturated heterocycles. The first kappa shape index (κ1) is 19.5. The summed E-state index contributed by atoms with van der Waals surface area (Å²) in [7, 11) is 0. The van der Waals surface area contributed by atoms with Crippen molar-refractivity contribution in [2.75, 3.05) is 11.4 Å². The molecule has 0 bridgehead atoms. The highest BCUT2D eigenvalue weighted by molar-refractivity contribution is 8.00. The van der Waals surface area contributed by atoms with Gasteiger partial charge in [0.15, 0.2) is 5.16 Å². The fourth-order valence-corrected chi connectivity index (χ4v) is 4.22. The van der Waals surface area contributed by atoms with Gasteiger partial charge in [-0.25, -0.2) is 9.97 Å². The van der Waals surface area contributed by atoms with E-state index in [0.29, 0.717) is 18.3 Å². The molecule has 1 aliphatic rings. The Morgan fingerprint density at radius 1 is 1.24 bits per heavy atom. The number of ether oxygens (including phenoxy) is 1. The molecule has 2 heterocycles. The minimum Gasteiger partial charge on any atom is -0.488 e. The molecule has 0 saturated carbocycles. The number of hydrogen-bond donors (Lipinski definition) is 0. The van der Waals surface area contributed by atoms with Crippen LogP contribution in [-0.2, 0) is 11.4 Å². The van der Waals surface area contributed by atoms with Crippen LogP contribution in [0.5, 0.6) is 5.75 Å². The van der Waals surface area contributed by atoms with Gasteiger partial charge in [-0.1, -0.05) is 36.0 Å². The Bertz CT molecular complexity index is 1050. The number of aryl methyl sites for hydroxylation is 1. The molecule has 0 radical (unpaired) electrons. The second-order valence-electron chi connectivity index (χ2n) is 6.99. The van der Waals surface area contributed by atoms with Crippen LogP contribution in [0.1, 0.15) is 25.0 Å². The molecule has 1 amide bonds. The third-order valence-electron chi connectivity index (χ3n) is 4.89. The number of aromatic nitrogens is 2. The summed E-state index contributed by atoms with van der Waals surface area (Å²) in [6, 6.07) is 15.9. The number of nitrogens with zero attached hydrogens (tertiary/aromatic N) is 3. The number of benzene rings is 2. The third kappa shape index (κ3) is 3.98. The second kappa shape index (κ2) is 8.25. The molecular weight excluding hydrogens is 382 g/mol. The summed E-state index contributed by atoms with van der Waals surface area (Å²) in [5.41, 5.74) is 4.86. The average Bonchev–Trinajstić information content (AvgIpc) is 2.74. The highest BCUT2D eigenvalue weighted by atomic mass is 32.2. The maximum absolute atomic E-state index is 13.1. The Morgan fingerprint density at radius 2 is 2.07 bits per heavy atom. The smallest absolute Gasteiger partial charge is 0.240 e. The van der Waals surface area contributed by atoms with Crippen molar-refractivity contribution in [3.63, 3.8) is 0 Å². The van der Waals surface area contributed by atoms with Crippen molar-refractivity contribution in [1.82, 2.24) is 9.97 Å². The summed E-state index contributed by atoms with van der Waals surface area (Å²) in [6.07, 6.45) is 1.80. The first-order valence-corrected chi connectivity index (χ1v) is 10.6. The minimum absolute atomic E-state index is 0.0492. The summed E-state index contributed by atoms with van der Waals surface area (Å²) in [5, 5.41) is 0.296. The second-order valence-corrected chi connectivity index (χ2v) is 8.30. The third-order valence-corrected chi connectivity index (χ3v) is 5.86.